The lowest BCUT2D eigenvalue weighted by Gasteiger charge is -2.25. The Balaban J connectivity index is 1.32. The molecule has 45 heavy (non-hydrogen) atoms. The zero-order valence-corrected chi connectivity index (χ0v) is 24.5. The van der Waals surface area contributed by atoms with Crippen molar-refractivity contribution in [3.05, 3.63) is 170 Å². The van der Waals surface area contributed by atoms with Crippen LogP contribution in [-0.4, -0.2) is 4.57 Å². The van der Waals surface area contributed by atoms with Gasteiger partial charge in [-0.2, -0.15) is 0 Å². The quantitative estimate of drug-likeness (QED) is 0.203. The van der Waals surface area contributed by atoms with Gasteiger partial charge in [0.25, 0.3) is 0 Å². The minimum atomic E-state index is 0.880. The van der Waals surface area contributed by atoms with E-state index in [4.69, 9.17) is 4.42 Å². The van der Waals surface area contributed by atoms with Gasteiger partial charge < -0.3 is 13.9 Å². The van der Waals surface area contributed by atoms with Crippen molar-refractivity contribution in [3.63, 3.8) is 0 Å². The van der Waals surface area contributed by atoms with E-state index in [1.54, 1.807) is 0 Å². The SMILES string of the molecule is c1ccc(-c2cccc(-n3c4ccccc4c4c5c(ccc43)oc3ccc(N(c4ccccc4)c4ccccc4)cc35)c2)cc1. The number of hydrogen-bond donors (Lipinski definition) is 0. The first kappa shape index (κ1) is 25.4. The van der Waals surface area contributed by atoms with E-state index in [0.29, 0.717) is 0 Å². The molecule has 9 rings (SSSR count). The zero-order chi connectivity index (χ0) is 29.7. The van der Waals surface area contributed by atoms with Crippen molar-refractivity contribution in [1.82, 2.24) is 4.57 Å². The lowest BCUT2D eigenvalue weighted by molar-refractivity contribution is 0.669. The summed E-state index contributed by atoms with van der Waals surface area (Å²) in [5.74, 6) is 0. The summed E-state index contributed by atoms with van der Waals surface area (Å²) in [6, 6.07) is 60.0. The van der Waals surface area contributed by atoms with Crippen LogP contribution in [0.15, 0.2) is 174 Å². The van der Waals surface area contributed by atoms with Crippen LogP contribution in [0.2, 0.25) is 0 Å². The maximum Gasteiger partial charge on any atom is 0.136 e. The van der Waals surface area contributed by atoms with Gasteiger partial charge in [0.2, 0.25) is 0 Å². The molecular weight excluding hydrogens is 548 g/mol. The number of nitrogens with zero attached hydrogens (tertiary/aromatic N) is 2. The Morgan fingerprint density at radius 2 is 1.04 bits per heavy atom. The Bertz CT molecular complexity index is 2440. The molecule has 0 atom stereocenters. The van der Waals surface area contributed by atoms with Crippen LogP contribution >= 0.6 is 0 Å². The Morgan fingerprint density at radius 3 is 1.80 bits per heavy atom. The molecule has 0 aliphatic heterocycles. The van der Waals surface area contributed by atoms with Gasteiger partial charge in [-0.05, 0) is 83.9 Å². The summed E-state index contributed by atoms with van der Waals surface area (Å²) in [7, 11) is 0. The number of fused-ring (bicyclic) bond motifs is 7. The summed E-state index contributed by atoms with van der Waals surface area (Å²) < 4.78 is 8.91. The molecule has 0 fully saturated rings. The first-order valence-corrected chi connectivity index (χ1v) is 15.3. The van der Waals surface area contributed by atoms with Crippen LogP contribution in [0.3, 0.4) is 0 Å². The molecule has 9 aromatic rings. The zero-order valence-electron chi connectivity index (χ0n) is 24.5. The van der Waals surface area contributed by atoms with Gasteiger partial charge >= 0.3 is 0 Å². The molecule has 0 unspecified atom stereocenters. The molecule has 2 aromatic heterocycles. The van der Waals surface area contributed by atoms with Crippen LogP contribution in [-0.2, 0) is 0 Å². The summed E-state index contributed by atoms with van der Waals surface area (Å²) in [5.41, 5.74) is 10.9. The fourth-order valence-electron chi connectivity index (χ4n) is 6.79. The van der Waals surface area contributed by atoms with Gasteiger partial charge in [0.15, 0.2) is 0 Å². The Kier molecular flexibility index (Phi) is 5.82. The molecule has 0 aliphatic carbocycles. The third-order valence-electron chi connectivity index (χ3n) is 8.75. The summed E-state index contributed by atoms with van der Waals surface area (Å²) >= 11 is 0. The first-order chi connectivity index (χ1) is 22.3. The van der Waals surface area contributed by atoms with Crippen LogP contribution in [0.1, 0.15) is 0 Å². The number of aromatic nitrogens is 1. The fourth-order valence-corrected chi connectivity index (χ4v) is 6.79. The van der Waals surface area contributed by atoms with Crippen molar-refractivity contribution in [1.29, 1.82) is 0 Å². The number of rotatable bonds is 5. The van der Waals surface area contributed by atoms with E-state index in [2.05, 4.69) is 179 Å². The molecular formula is C42H28N2O. The normalized spacial score (nSPS) is 11.6. The summed E-state index contributed by atoms with van der Waals surface area (Å²) in [6.45, 7) is 0. The van der Waals surface area contributed by atoms with Crippen molar-refractivity contribution in [2.45, 2.75) is 0 Å². The Hall–Kier alpha value is -6.06. The second-order valence-electron chi connectivity index (χ2n) is 11.4. The van der Waals surface area contributed by atoms with E-state index in [1.165, 1.54) is 27.4 Å². The second kappa shape index (κ2) is 10.3. The highest BCUT2D eigenvalue weighted by atomic mass is 16.3. The average molecular weight is 577 g/mol. The second-order valence-corrected chi connectivity index (χ2v) is 11.4. The van der Waals surface area contributed by atoms with Gasteiger partial charge in [0.1, 0.15) is 11.2 Å². The van der Waals surface area contributed by atoms with Gasteiger partial charge in [-0.25, -0.2) is 0 Å². The molecule has 7 aromatic carbocycles. The molecule has 0 spiro atoms. The summed E-state index contributed by atoms with van der Waals surface area (Å²) in [4.78, 5) is 2.30. The molecule has 0 saturated carbocycles. The third kappa shape index (κ3) is 4.13. The van der Waals surface area contributed by atoms with E-state index >= 15 is 0 Å². The van der Waals surface area contributed by atoms with Crippen LogP contribution in [0, 0.1) is 0 Å². The standard InChI is InChI=1S/C42H28N2O/c1-4-13-29(14-5-1)30-15-12-20-33(27-30)44-37-22-11-10-21-35(37)41-38(44)24-26-40-42(41)36-28-34(23-25-39(36)45-40)43(31-16-6-2-7-17-31)32-18-8-3-9-19-32/h1-28H. The Labute approximate surface area is 260 Å². The highest BCUT2D eigenvalue weighted by Gasteiger charge is 2.20. The topological polar surface area (TPSA) is 21.3 Å². The van der Waals surface area contributed by atoms with E-state index in [-0.39, 0.29) is 0 Å². The third-order valence-corrected chi connectivity index (χ3v) is 8.75. The molecule has 212 valence electrons. The summed E-state index contributed by atoms with van der Waals surface area (Å²) in [5, 5.41) is 4.65. The van der Waals surface area contributed by atoms with Crippen LogP contribution < -0.4 is 4.90 Å². The first-order valence-electron chi connectivity index (χ1n) is 15.3. The van der Waals surface area contributed by atoms with Crippen molar-refractivity contribution in [2.75, 3.05) is 4.90 Å². The smallest absolute Gasteiger partial charge is 0.136 e. The highest BCUT2D eigenvalue weighted by molar-refractivity contribution is 6.27. The molecule has 2 heterocycles. The number of para-hydroxylation sites is 3. The number of hydrogen-bond acceptors (Lipinski definition) is 2. The summed E-state index contributed by atoms with van der Waals surface area (Å²) in [6.07, 6.45) is 0. The maximum absolute atomic E-state index is 6.52. The average Bonchev–Trinajstić information content (AvgIpc) is 3.65. The lowest BCUT2D eigenvalue weighted by Crippen LogP contribution is -2.09. The lowest BCUT2D eigenvalue weighted by atomic mass is 10.0. The molecule has 0 saturated heterocycles. The molecule has 3 heteroatoms. The molecule has 0 aliphatic rings. The highest BCUT2D eigenvalue weighted by Crippen LogP contribution is 2.44. The van der Waals surface area contributed by atoms with Gasteiger partial charge in [0.05, 0.1) is 11.0 Å². The number of anilines is 3. The van der Waals surface area contributed by atoms with Crippen molar-refractivity contribution >= 4 is 60.8 Å². The molecule has 0 radical (unpaired) electrons. The number of benzene rings is 7. The molecule has 0 N–H and O–H groups in total. The van der Waals surface area contributed by atoms with Crippen LogP contribution in [0.25, 0.3) is 60.6 Å². The van der Waals surface area contributed by atoms with Crippen molar-refractivity contribution < 1.29 is 4.42 Å². The van der Waals surface area contributed by atoms with E-state index < -0.39 is 0 Å². The van der Waals surface area contributed by atoms with Gasteiger partial charge in [-0.1, -0.05) is 97.1 Å². The molecule has 3 nitrogen and oxygen atoms in total. The molecule has 0 amide bonds. The van der Waals surface area contributed by atoms with E-state index in [1.807, 2.05) is 0 Å². The number of furan rings is 1. The largest absolute Gasteiger partial charge is 0.456 e. The Morgan fingerprint density at radius 1 is 0.400 bits per heavy atom. The fraction of sp³-hybridized carbons (Fsp3) is 0. The van der Waals surface area contributed by atoms with Crippen LogP contribution in [0.5, 0.6) is 0 Å². The minimum absolute atomic E-state index is 0.880. The van der Waals surface area contributed by atoms with E-state index in [0.717, 1.165) is 50.2 Å². The monoisotopic (exact) mass is 576 g/mol. The van der Waals surface area contributed by atoms with Gasteiger partial charge in [-0.15, -0.1) is 0 Å². The molecule has 0 bridgehead atoms. The van der Waals surface area contributed by atoms with E-state index in [9.17, 15) is 0 Å². The maximum atomic E-state index is 6.52. The predicted molar refractivity (Wildman–Crippen MR) is 188 cm³/mol. The van der Waals surface area contributed by atoms with Gasteiger partial charge in [0, 0.05) is 44.3 Å². The van der Waals surface area contributed by atoms with Crippen molar-refractivity contribution in [2.24, 2.45) is 0 Å². The predicted octanol–water partition coefficient (Wildman–Crippen LogP) is 11.8. The van der Waals surface area contributed by atoms with Crippen molar-refractivity contribution in [3.8, 4) is 16.8 Å². The van der Waals surface area contributed by atoms with Crippen LogP contribution in [0.4, 0.5) is 17.1 Å². The minimum Gasteiger partial charge on any atom is -0.456 e. The van der Waals surface area contributed by atoms with Gasteiger partial charge in [-0.3, -0.25) is 0 Å².